The molecule has 9 heteroatoms. The monoisotopic (exact) mass is 498 g/mol. The van der Waals surface area contributed by atoms with Crippen LogP contribution in [0.1, 0.15) is 24.9 Å². The normalized spacial score (nSPS) is 11.9. The van der Waals surface area contributed by atoms with Crippen molar-refractivity contribution in [3.05, 3.63) is 78.4 Å². The second-order valence-corrected chi connectivity index (χ2v) is 9.50. The van der Waals surface area contributed by atoms with Crippen LogP contribution in [0.2, 0.25) is 0 Å². The van der Waals surface area contributed by atoms with Crippen molar-refractivity contribution in [2.75, 3.05) is 32.2 Å². The Bertz CT molecular complexity index is 1250. The van der Waals surface area contributed by atoms with E-state index in [-0.39, 0.29) is 16.6 Å². The van der Waals surface area contributed by atoms with Crippen LogP contribution in [-0.2, 0) is 14.8 Å². The minimum absolute atomic E-state index is 0.0747. The predicted octanol–water partition coefficient (Wildman–Crippen LogP) is 4.18. The fourth-order valence-electron chi connectivity index (χ4n) is 3.72. The van der Waals surface area contributed by atoms with Crippen LogP contribution in [0, 0.1) is 0 Å². The summed E-state index contributed by atoms with van der Waals surface area (Å²) < 4.78 is 44.3. The highest BCUT2D eigenvalue weighted by Crippen LogP contribution is 2.33. The van der Waals surface area contributed by atoms with Crippen LogP contribution in [0.4, 0.5) is 5.69 Å². The number of amides is 1. The van der Waals surface area contributed by atoms with Crippen LogP contribution < -0.4 is 23.8 Å². The van der Waals surface area contributed by atoms with Gasteiger partial charge in [0, 0.05) is 0 Å². The van der Waals surface area contributed by atoms with Crippen molar-refractivity contribution in [2.45, 2.75) is 24.3 Å². The highest BCUT2D eigenvalue weighted by Gasteiger charge is 2.30. The van der Waals surface area contributed by atoms with E-state index in [0.29, 0.717) is 23.7 Å². The molecule has 3 aromatic rings. The molecule has 0 aliphatic heterocycles. The lowest BCUT2D eigenvalue weighted by Gasteiger charge is -2.27. The Balaban J connectivity index is 1.93. The number of ether oxygens (including phenoxy) is 3. The fourth-order valence-corrected chi connectivity index (χ4v) is 5.17. The van der Waals surface area contributed by atoms with Crippen LogP contribution in [0.15, 0.2) is 77.7 Å². The average Bonchev–Trinajstić information content (AvgIpc) is 2.90. The summed E-state index contributed by atoms with van der Waals surface area (Å²) in [6.07, 6.45) is 0.585. The Hall–Kier alpha value is -3.72. The number of nitrogens with zero attached hydrogens (tertiary/aromatic N) is 1. The smallest absolute Gasteiger partial charge is 0.264 e. The molecule has 1 atom stereocenters. The lowest BCUT2D eigenvalue weighted by atomic mass is 10.0. The van der Waals surface area contributed by atoms with Crippen molar-refractivity contribution in [2.24, 2.45) is 0 Å². The van der Waals surface area contributed by atoms with Gasteiger partial charge in [0.25, 0.3) is 10.0 Å². The Morgan fingerprint density at radius 2 is 1.49 bits per heavy atom. The summed E-state index contributed by atoms with van der Waals surface area (Å²) >= 11 is 0. The maximum absolute atomic E-state index is 13.6. The van der Waals surface area contributed by atoms with Gasteiger partial charge in [-0.2, -0.15) is 0 Å². The van der Waals surface area contributed by atoms with Crippen LogP contribution in [0.3, 0.4) is 0 Å². The lowest BCUT2D eigenvalue weighted by Crippen LogP contribution is -2.42. The summed E-state index contributed by atoms with van der Waals surface area (Å²) in [5.41, 5.74) is 1.08. The molecular formula is C26H30N2O6S. The SMILES string of the molecule is CCC(NC(=O)CN(c1ccccc1OC)S(=O)(=O)c1ccccc1)c1ccc(OC)c(OC)c1. The molecular weight excluding hydrogens is 468 g/mol. The summed E-state index contributed by atoms with van der Waals surface area (Å²) in [6, 6.07) is 19.7. The number of anilines is 1. The quantitative estimate of drug-likeness (QED) is 0.426. The van der Waals surface area contributed by atoms with Crippen molar-refractivity contribution in [3.8, 4) is 17.2 Å². The van der Waals surface area contributed by atoms with Gasteiger partial charge in [-0.05, 0) is 48.4 Å². The number of sulfonamides is 1. The van der Waals surface area contributed by atoms with Gasteiger partial charge in [0.05, 0.1) is 38.0 Å². The molecule has 8 nitrogen and oxygen atoms in total. The Morgan fingerprint density at radius 1 is 0.857 bits per heavy atom. The van der Waals surface area contributed by atoms with Crippen molar-refractivity contribution in [1.29, 1.82) is 0 Å². The summed E-state index contributed by atoms with van der Waals surface area (Å²) in [4.78, 5) is 13.3. The first-order valence-corrected chi connectivity index (χ1v) is 12.5. The van der Waals surface area contributed by atoms with Crippen molar-refractivity contribution >= 4 is 21.6 Å². The van der Waals surface area contributed by atoms with Crippen LogP contribution in [0.25, 0.3) is 0 Å². The highest BCUT2D eigenvalue weighted by molar-refractivity contribution is 7.92. The molecule has 1 amide bonds. The van der Waals surface area contributed by atoms with E-state index >= 15 is 0 Å². The van der Waals surface area contributed by atoms with Gasteiger partial charge in [-0.15, -0.1) is 0 Å². The second-order valence-electron chi connectivity index (χ2n) is 7.64. The van der Waals surface area contributed by atoms with E-state index in [9.17, 15) is 13.2 Å². The average molecular weight is 499 g/mol. The molecule has 0 aromatic heterocycles. The van der Waals surface area contributed by atoms with Crippen molar-refractivity contribution < 1.29 is 27.4 Å². The molecule has 0 heterocycles. The van der Waals surface area contributed by atoms with E-state index in [2.05, 4.69) is 5.32 Å². The third-order valence-corrected chi connectivity index (χ3v) is 7.30. The van der Waals surface area contributed by atoms with Gasteiger partial charge >= 0.3 is 0 Å². The van der Waals surface area contributed by atoms with E-state index in [1.54, 1.807) is 68.8 Å². The summed E-state index contributed by atoms with van der Waals surface area (Å²) in [7, 11) is 0.496. The first kappa shape index (κ1) is 25.9. The Kier molecular flexibility index (Phi) is 8.59. The molecule has 0 aliphatic carbocycles. The minimum Gasteiger partial charge on any atom is -0.495 e. The Labute approximate surface area is 206 Å². The molecule has 0 saturated heterocycles. The number of carbonyl (C=O) groups excluding carboxylic acids is 1. The van der Waals surface area contributed by atoms with Crippen LogP contribution in [-0.4, -0.2) is 42.2 Å². The molecule has 186 valence electrons. The topological polar surface area (TPSA) is 94.2 Å². The predicted molar refractivity (Wildman–Crippen MR) is 135 cm³/mol. The molecule has 0 spiro atoms. The zero-order valence-corrected chi connectivity index (χ0v) is 21.0. The second kappa shape index (κ2) is 11.6. The van der Waals surface area contributed by atoms with Gasteiger partial charge in [-0.3, -0.25) is 9.10 Å². The maximum Gasteiger partial charge on any atom is 0.264 e. The molecule has 0 aliphatic rings. The summed E-state index contributed by atoms with van der Waals surface area (Å²) in [5.74, 6) is 0.998. The number of rotatable bonds is 11. The molecule has 0 radical (unpaired) electrons. The molecule has 1 unspecified atom stereocenters. The molecule has 35 heavy (non-hydrogen) atoms. The Morgan fingerprint density at radius 3 is 2.11 bits per heavy atom. The van der Waals surface area contributed by atoms with Gasteiger partial charge in [-0.1, -0.05) is 43.3 Å². The van der Waals surface area contributed by atoms with Crippen LogP contribution in [0.5, 0.6) is 17.2 Å². The maximum atomic E-state index is 13.6. The summed E-state index contributed by atoms with van der Waals surface area (Å²) in [5, 5.41) is 2.95. The standard InChI is InChI=1S/C26H30N2O6S/c1-5-21(19-15-16-24(33-3)25(17-19)34-4)27-26(29)18-28(22-13-9-10-14-23(22)32-2)35(30,31)20-11-7-6-8-12-20/h6-17,21H,5,18H2,1-4H3,(H,27,29). The molecule has 1 N–H and O–H groups in total. The van der Waals surface area contributed by atoms with Gasteiger partial charge in [-0.25, -0.2) is 8.42 Å². The number of methoxy groups -OCH3 is 3. The number of hydrogen-bond donors (Lipinski definition) is 1. The first-order valence-electron chi connectivity index (χ1n) is 11.1. The van der Waals surface area contributed by atoms with E-state index in [4.69, 9.17) is 14.2 Å². The van der Waals surface area contributed by atoms with Gasteiger partial charge in [0.15, 0.2) is 11.5 Å². The van der Waals surface area contributed by atoms with E-state index in [0.717, 1.165) is 9.87 Å². The van der Waals surface area contributed by atoms with Crippen molar-refractivity contribution in [1.82, 2.24) is 5.32 Å². The highest BCUT2D eigenvalue weighted by atomic mass is 32.2. The summed E-state index contributed by atoms with van der Waals surface area (Å²) in [6.45, 7) is 1.50. The number of carbonyl (C=O) groups is 1. The van der Waals surface area contributed by atoms with Gasteiger partial charge in [0.2, 0.25) is 5.91 Å². The number of benzene rings is 3. The van der Waals surface area contributed by atoms with E-state index in [1.165, 1.54) is 19.2 Å². The third kappa shape index (κ3) is 5.86. The largest absolute Gasteiger partial charge is 0.495 e. The van der Waals surface area contributed by atoms with Gasteiger partial charge in [0.1, 0.15) is 12.3 Å². The number of nitrogens with one attached hydrogen (secondary N) is 1. The number of para-hydroxylation sites is 2. The first-order chi connectivity index (χ1) is 16.8. The zero-order valence-electron chi connectivity index (χ0n) is 20.2. The molecule has 3 aromatic carbocycles. The van der Waals surface area contributed by atoms with Crippen molar-refractivity contribution in [3.63, 3.8) is 0 Å². The molecule has 3 rings (SSSR count). The zero-order chi connectivity index (χ0) is 25.4. The lowest BCUT2D eigenvalue weighted by molar-refractivity contribution is -0.120. The molecule has 0 fully saturated rings. The van der Waals surface area contributed by atoms with Gasteiger partial charge < -0.3 is 19.5 Å². The fraction of sp³-hybridized carbons (Fsp3) is 0.269. The molecule has 0 bridgehead atoms. The molecule has 0 saturated carbocycles. The minimum atomic E-state index is -4.05. The van der Waals surface area contributed by atoms with E-state index < -0.39 is 22.5 Å². The third-order valence-electron chi connectivity index (χ3n) is 5.53. The number of hydrogen-bond acceptors (Lipinski definition) is 6. The van der Waals surface area contributed by atoms with E-state index in [1.807, 2.05) is 13.0 Å². The van der Waals surface area contributed by atoms with Crippen LogP contribution >= 0.6 is 0 Å².